The number of carbonyl (C=O) groups is 1. The summed E-state index contributed by atoms with van der Waals surface area (Å²) < 4.78 is 26.9. The molecule has 3 heterocycles. The third kappa shape index (κ3) is 3.54. The Kier molecular flexibility index (Phi) is 4.39. The minimum Gasteiger partial charge on any atom is -0.454 e. The van der Waals surface area contributed by atoms with Crippen LogP contribution in [0, 0.1) is 0 Å². The molecule has 1 atom stereocenters. The molecule has 0 radical (unpaired) electrons. The first-order valence-corrected chi connectivity index (χ1v) is 9.64. The highest BCUT2D eigenvalue weighted by Crippen LogP contribution is 2.37. The van der Waals surface area contributed by atoms with Crippen LogP contribution in [0.5, 0.6) is 23.0 Å². The molecule has 0 spiro atoms. The fraction of sp³-hybridized carbons (Fsp3) is 0.211. The highest BCUT2D eigenvalue weighted by atomic mass is 32.2. The second-order valence-corrected chi connectivity index (χ2v) is 7.55. The zero-order chi connectivity index (χ0) is 19.8. The highest BCUT2D eigenvalue weighted by molar-refractivity contribution is 8.00. The molecule has 0 aliphatic carbocycles. The maximum Gasteiger partial charge on any atom is 0.277 e. The molecule has 1 N–H and O–H groups in total. The Balaban J connectivity index is 1.24. The van der Waals surface area contributed by atoms with E-state index in [-0.39, 0.29) is 19.5 Å². The maximum absolute atomic E-state index is 12.5. The second-order valence-electron chi connectivity index (χ2n) is 6.26. The standard InChI is InChI=1S/C19H15N3O6S/c1-10(17(23)20-12-3-5-14-16(7-12)27-9-25-14)29-19-22-21-18(28-19)11-2-4-13-15(6-11)26-8-24-13/h2-7,10H,8-9H2,1H3,(H,20,23)/t10-/m1/s1. The van der Waals surface area contributed by atoms with Crippen LogP contribution in [0.15, 0.2) is 46.0 Å². The van der Waals surface area contributed by atoms with Crippen molar-refractivity contribution in [1.29, 1.82) is 0 Å². The number of nitrogens with one attached hydrogen (secondary N) is 1. The van der Waals surface area contributed by atoms with Crippen molar-refractivity contribution in [2.75, 3.05) is 18.9 Å². The molecule has 0 saturated carbocycles. The number of fused-ring (bicyclic) bond motifs is 2. The van der Waals surface area contributed by atoms with Gasteiger partial charge in [-0.25, -0.2) is 0 Å². The van der Waals surface area contributed by atoms with Crippen LogP contribution >= 0.6 is 11.8 Å². The number of hydrogen-bond donors (Lipinski definition) is 1. The first-order valence-electron chi connectivity index (χ1n) is 8.76. The summed E-state index contributed by atoms with van der Waals surface area (Å²) >= 11 is 1.17. The number of benzene rings is 2. The molecule has 0 fully saturated rings. The summed E-state index contributed by atoms with van der Waals surface area (Å²) in [4.78, 5) is 12.5. The van der Waals surface area contributed by atoms with E-state index in [1.807, 2.05) is 6.07 Å². The van der Waals surface area contributed by atoms with Gasteiger partial charge >= 0.3 is 0 Å². The fourth-order valence-corrected chi connectivity index (χ4v) is 3.51. The summed E-state index contributed by atoms with van der Waals surface area (Å²) in [6, 6.07) is 10.6. The van der Waals surface area contributed by atoms with Crippen molar-refractivity contribution in [3.05, 3.63) is 36.4 Å². The van der Waals surface area contributed by atoms with Crippen LogP contribution in [0.1, 0.15) is 6.92 Å². The Morgan fingerprint density at radius 2 is 1.66 bits per heavy atom. The van der Waals surface area contributed by atoms with Gasteiger partial charge in [0.05, 0.1) is 5.25 Å². The maximum atomic E-state index is 12.5. The lowest BCUT2D eigenvalue weighted by Gasteiger charge is -2.10. The van der Waals surface area contributed by atoms with E-state index in [0.29, 0.717) is 45.4 Å². The second kappa shape index (κ2) is 7.21. The quantitative estimate of drug-likeness (QED) is 0.631. The summed E-state index contributed by atoms with van der Waals surface area (Å²) in [5.41, 5.74) is 1.34. The lowest BCUT2D eigenvalue weighted by molar-refractivity contribution is -0.115. The number of anilines is 1. The van der Waals surface area contributed by atoms with Gasteiger partial charge in [-0.2, -0.15) is 0 Å². The van der Waals surface area contributed by atoms with Gasteiger partial charge in [0.2, 0.25) is 25.4 Å². The predicted molar refractivity (Wildman–Crippen MR) is 102 cm³/mol. The van der Waals surface area contributed by atoms with Crippen molar-refractivity contribution >= 4 is 23.4 Å². The van der Waals surface area contributed by atoms with E-state index < -0.39 is 5.25 Å². The number of ether oxygens (including phenoxy) is 4. The third-order valence-electron chi connectivity index (χ3n) is 4.31. The topological polar surface area (TPSA) is 105 Å². The molecule has 0 saturated heterocycles. The number of thioether (sulfide) groups is 1. The Morgan fingerprint density at radius 1 is 0.966 bits per heavy atom. The average molecular weight is 413 g/mol. The smallest absolute Gasteiger partial charge is 0.277 e. The summed E-state index contributed by atoms with van der Waals surface area (Å²) in [5, 5.41) is 10.8. The molecule has 3 aromatic rings. The normalized spacial score (nSPS) is 14.7. The van der Waals surface area contributed by atoms with E-state index in [9.17, 15) is 4.79 Å². The van der Waals surface area contributed by atoms with E-state index in [4.69, 9.17) is 23.4 Å². The minimum absolute atomic E-state index is 0.182. The van der Waals surface area contributed by atoms with Crippen molar-refractivity contribution in [1.82, 2.24) is 10.2 Å². The highest BCUT2D eigenvalue weighted by Gasteiger charge is 2.21. The molecular formula is C19H15N3O6S. The molecule has 0 unspecified atom stereocenters. The van der Waals surface area contributed by atoms with Crippen LogP contribution in [-0.4, -0.2) is 34.9 Å². The van der Waals surface area contributed by atoms with Gasteiger partial charge in [-0.05, 0) is 37.3 Å². The molecule has 2 aliphatic rings. The molecule has 10 heteroatoms. The Bertz CT molecular complexity index is 1090. The van der Waals surface area contributed by atoms with Gasteiger partial charge in [-0.3, -0.25) is 4.79 Å². The van der Waals surface area contributed by atoms with Gasteiger partial charge in [0, 0.05) is 17.3 Å². The summed E-state index contributed by atoms with van der Waals surface area (Å²) in [7, 11) is 0. The van der Waals surface area contributed by atoms with Crippen molar-refractivity contribution in [3.8, 4) is 34.5 Å². The first-order chi connectivity index (χ1) is 14.2. The van der Waals surface area contributed by atoms with Crippen LogP contribution in [-0.2, 0) is 4.79 Å². The van der Waals surface area contributed by atoms with E-state index in [1.54, 1.807) is 37.3 Å². The molecule has 1 aromatic heterocycles. The SMILES string of the molecule is C[C@@H](Sc1nnc(-c2ccc3c(c2)OCO3)o1)C(=O)Nc1ccc2c(c1)OCO2. The van der Waals surface area contributed by atoms with Crippen molar-refractivity contribution < 1.29 is 28.2 Å². The molecule has 148 valence electrons. The van der Waals surface area contributed by atoms with Crippen LogP contribution in [0.3, 0.4) is 0 Å². The molecule has 1 amide bonds. The van der Waals surface area contributed by atoms with Crippen LogP contribution < -0.4 is 24.3 Å². The zero-order valence-corrected chi connectivity index (χ0v) is 16.0. The van der Waals surface area contributed by atoms with Crippen molar-refractivity contribution in [2.24, 2.45) is 0 Å². The van der Waals surface area contributed by atoms with Gasteiger partial charge in [0.15, 0.2) is 23.0 Å². The molecule has 29 heavy (non-hydrogen) atoms. The molecular weight excluding hydrogens is 398 g/mol. The Labute approximate surface area is 169 Å². The van der Waals surface area contributed by atoms with E-state index in [0.717, 1.165) is 0 Å². The average Bonchev–Trinajstić information content (AvgIpc) is 3.47. The zero-order valence-electron chi connectivity index (χ0n) is 15.2. The van der Waals surface area contributed by atoms with Crippen LogP contribution in [0.2, 0.25) is 0 Å². The summed E-state index contributed by atoms with van der Waals surface area (Å²) in [6.07, 6.45) is 0. The predicted octanol–water partition coefficient (Wildman–Crippen LogP) is 3.31. The molecule has 2 aromatic carbocycles. The van der Waals surface area contributed by atoms with E-state index >= 15 is 0 Å². The lowest BCUT2D eigenvalue weighted by Crippen LogP contribution is -2.22. The minimum atomic E-state index is -0.453. The van der Waals surface area contributed by atoms with Crippen molar-refractivity contribution in [2.45, 2.75) is 17.4 Å². The Hall–Kier alpha value is -3.40. The summed E-state index contributed by atoms with van der Waals surface area (Å²) in [5.74, 6) is 2.72. The van der Waals surface area contributed by atoms with Gasteiger partial charge < -0.3 is 28.7 Å². The Morgan fingerprint density at radius 3 is 2.45 bits per heavy atom. The van der Waals surface area contributed by atoms with Gasteiger partial charge in [-0.15, -0.1) is 10.2 Å². The first kappa shape index (κ1) is 17.7. The monoisotopic (exact) mass is 413 g/mol. The van der Waals surface area contributed by atoms with Crippen molar-refractivity contribution in [3.63, 3.8) is 0 Å². The molecule has 9 nitrogen and oxygen atoms in total. The van der Waals surface area contributed by atoms with E-state index in [1.165, 1.54) is 11.8 Å². The molecule has 0 bridgehead atoms. The number of hydrogen-bond acceptors (Lipinski definition) is 9. The fourth-order valence-electron chi connectivity index (χ4n) is 2.83. The number of aromatic nitrogens is 2. The van der Waals surface area contributed by atoms with Crippen LogP contribution in [0.4, 0.5) is 5.69 Å². The molecule has 5 rings (SSSR count). The van der Waals surface area contributed by atoms with E-state index in [2.05, 4.69) is 15.5 Å². The molecule has 2 aliphatic heterocycles. The number of amides is 1. The van der Waals surface area contributed by atoms with Gasteiger partial charge in [-0.1, -0.05) is 11.8 Å². The number of nitrogens with zero attached hydrogens (tertiary/aromatic N) is 2. The lowest BCUT2D eigenvalue weighted by atomic mass is 10.2. The number of rotatable bonds is 5. The number of carbonyl (C=O) groups excluding carboxylic acids is 1. The van der Waals surface area contributed by atoms with Gasteiger partial charge in [0.1, 0.15) is 0 Å². The summed E-state index contributed by atoms with van der Waals surface area (Å²) in [6.45, 7) is 2.14. The third-order valence-corrected chi connectivity index (χ3v) is 5.25. The largest absolute Gasteiger partial charge is 0.454 e. The van der Waals surface area contributed by atoms with Crippen LogP contribution in [0.25, 0.3) is 11.5 Å². The van der Waals surface area contributed by atoms with Gasteiger partial charge in [0.25, 0.3) is 5.22 Å².